The van der Waals surface area contributed by atoms with Crippen LogP contribution in [-0.2, 0) is 14.3 Å². The smallest absolute Gasteiger partial charge is 0.338 e. The molecule has 4 aromatic rings. The molecule has 6 rings (SSSR count). The number of amidine groups is 1. The molecular weight excluding hydrogens is 530 g/mol. The van der Waals surface area contributed by atoms with Crippen LogP contribution in [0.5, 0.6) is 0 Å². The molecule has 41 heavy (non-hydrogen) atoms. The molecule has 1 fully saturated rings. The highest BCUT2D eigenvalue weighted by Crippen LogP contribution is 2.45. The molecule has 0 aromatic heterocycles. The zero-order chi connectivity index (χ0) is 29.1. The third-order valence-electron chi connectivity index (χ3n) is 7.37. The number of thioether (sulfide) groups is 1. The first-order valence-electron chi connectivity index (χ1n) is 13.5. The minimum Gasteiger partial charge on any atom is -0.463 e. The Bertz CT molecular complexity index is 1650. The van der Waals surface area contributed by atoms with Gasteiger partial charge in [0.2, 0.25) is 0 Å². The Kier molecular flexibility index (Phi) is 8.26. The Morgan fingerprint density at radius 2 is 1.63 bits per heavy atom. The number of hydrogen-bond donors (Lipinski definition) is 0. The van der Waals surface area contributed by atoms with Gasteiger partial charge in [-0.15, -0.1) is 0 Å². The van der Waals surface area contributed by atoms with Gasteiger partial charge in [-0.05, 0) is 70.8 Å². The molecule has 4 aromatic carbocycles. The van der Waals surface area contributed by atoms with E-state index in [0.717, 1.165) is 16.4 Å². The van der Waals surface area contributed by atoms with Crippen molar-refractivity contribution in [2.45, 2.75) is 19.9 Å². The summed E-state index contributed by atoms with van der Waals surface area (Å²) in [6, 6.07) is 27.5. The van der Waals surface area contributed by atoms with Gasteiger partial charge in [-0.1, -0.05) is 72.4 Å². The summed E-state index contributed by atoms with van der Waals surface area (Å²) in [4.78, 5) is 31.6. The van der Waals surface area contributed by atoms with Gasteiger partial charge in [0.05, 0.1) is 30.5 Å². The number of nitrogens with zero attached hydrogens (tertiary/aromatic N) is 3. The molecule has 2 aliphatic rings. The predicted octanol–water partition coefficient (Wildman–Crippen LogP) is 7.21. The van der Waals surface area contributed by atoms with Gasteiger partial charge in [0, 0.05) is 24.7 Å². The second-order valence-corrected chi connectivity index (χ2v) is 11.2. The molecular formula is C34H33N3O3S. The normalized spacial score (nSPS) is 17.3. The lowest BCUT2D eigenvalue weighted by molar-refractivity contribution is -0.139. The lowest BCUT2D eigenvalue weighted by Crippen LogP contribution is -2.36. The third kappa shape index (κ3) is 5.37. The van der Waals surface area contributed by atoms with E-state index in [4.69, 9.17) is 14.5 Å². The Balaban J connectivity index is 0.00000165. The molecule has 208 valence electrons. The number of esters is 1. The molecule has 7 heteroatoms. The molecule has 1 atom stereocenters. The van der Waals surface area contributed by atoms with Crippen LogP contribution in [0.4, 0.5) is 5.69 Å². The van der Waals surface area contributed by atoms with E-state index in [1.165, 1.54) is 32.0 Å². The number of allylic oxidation sites excluding steroid dienone is 1. The lowest BCUT2D eigenvalue weighted by atomic mass is 9.94. The molecule has 0 amide bonds. The van der Waals surface area contributed by atoms with E-state index in [1.54, 1.807) is 11.8 Å². The van der Waals surface area contributed by atoms with Crippen LogP contribution in [0, 0.1) is 0 Å². The van der Waals surface area contributed by atoms with Crippen molar-refractivity contribution in [3.8, 4) is 0 Å². The van der Waals surface area contributed by atoms with Crippen LogP contribution >= 0.6 is 11.8 Å². The molecule has 1 unspecified atom stereocenters. The summed E-state index contributed by atoms with van der Waals surface area (Å²) in [5.41, 5.74) is 4.70. The first-order valence-corrected chi connectivity index (χ1v) is 14.3. The number of carbonyl (C=O) groups excluding carboxylic acids is 2. The van der Waals surface area contributed by atoms with Gasteiger partial charge >= 0.3 is 5.97 Å². The average Bonchev–Trinajstić information content (AvgIpc) is 3.39. The van der Waals surface area contributed by atoms with Crippen LogP contribution in [-0.4, -0.2) is 50.1 Å². The van der Waals surface area contributed by atoms with Crippen molar-refractivity contribution in [1.82, 2.24) is 4.90 Å². The number of ether oxygens (including phenoxy) is 1. The fourth-order valence-corrected chi connectivity index (χ4v) is 6.58. The minimum absolute atomic E-state index is 0.268. The molecule has 0 bridgehead atoms. The number of fused-ring (bicyclic) bond motifs is 3. The summed E-state index contributed by atoms with van der Waals surface area (Å²) in [5.74, 6) is -0.304. The second-order valence-electron chi connectivity index (χ2n) is 10.1. The Morgan fingerprint density at radius 1 is 1.02 bits per heavy atom. The van der Waals surface area contributed by atoms with E-state index in [9.17, 15) is 4.79 Å². The van der Waals surface area contributed by atoms with E-state index >= 15 is 0 Å². The van der Waals surface area contributed by atoms with E-state index in [0.29, 0.717) is 24.4 Å². The molecule has 1 saturated heterocycles. The SMILES string of the molecule is C=O.CCOC(=O)C1=C(C)N=C2S/C(=C\c3c4ccccc4cc4ccccc34)CN2C1c1ccc(N(C)C)cc1. The van der Waals surface area contributed by atoms with Crippen LogP contribution in [0.25, 0.3) is 27.6 Å². The molecule has 0 aliphatic carbocycles. The zero-order valence-electron chi connectivity index (χ0n) is 23.8. The highest BCUT2D eigenvalue weighted by Gasteiger charge is 2.40. The number of aliphatic imine (C=N–C) groups is 1. The Hall–Kier alpha value is -4.36. The van der Waals surface area contributed by atoms with Crippen LogP contribution in [0.1, 0.15) is 31.0 Å². The maximum absolute atomic E-state index is 13.2. The van der Waals surface area contributed by atoms with Crippen LogP contribution in [0.2, 0.25) is 0 Å². The minimum atomic E-state index is -0.304. The fraction of sp³-hybridized carbons (Fsp3) is 0.206. The molecule has 2 heterocycles. The van der Waals surface area contributed by atoms with Gasteiger partial charge in [-0.25, -0.2) is 9.79 Å². The lowest BCUT2D eigenvalue weighted by Gasteiger charge is -2.34. The molecule has 6 nitrogen and oxygen atoms in total. The summed E-state index contributed by atoms with van der Waals surface area (Å²) >= 11 is 1.69. The van der Waals surface area contributed by atoms with Gasteiger partial charge in [-0.2, -0.15) is 0 Å². The predicted molar refractivity (Wildman–Crippen MR) is 171 cm³/mol. The van der Waals surface area contributed by atoms with Crippen LogP contribution in [0.15, 0.2) is 100 Å². The highest BCUT2D eigenvalue weighted by molar-refractivity contribution is 8.17. The number of carbonyl (C=O) groups is 2. The zero-order valence-corrected chi connectivity index (χ0v) is 24.6. The summed E-state index contributed by atoms with van der Waals surface area (Å²) in [6.07, 6.45) is 2.31. The topological polar surface area (TPSA) is 62.2 Å². The highest BCUT2D eigenvalue weighted by atomic mass is 32.2. The van der Waals surface area contributed by atoms with Crippen molar-refractivity contribution in [2.75, 3.05) is 32.1 Å². The summed E-state index contributed by atoms with van der Waals surface area (Å²) < 4.78 is 5.51. The van der Waals surface area contributed by atoms with Crippen molar-refractivity contribution in [2.24, 2.45) is 4.99 Å². The quantitative estimate of drug-likeness (QED) is 0.189. The van der Waals surface area contributed by atoms with Gasteiger partial charge in [-0.3, -0.25) is 0 Å². The first kappa shape index (κ1) is 28.2. The van der Waals surface area contributed by atoms with Crippen molar-refractivity contribution in [3.63, 3.8) is 0 Å². The van der Waals surface area contributed by atoms with E-state index < -0.39 is 0 Å². The number of hydrogen-bond acceptors (Lipinski definition) is 7. The Labute approximate surface area is 245 Å². The van der Waals surface area contributed by atoms with Crippen LogP contribution in [0.3, 0.4) is 0 Å². The van der Waals surface area contributed by atoms with E-state index in [-0.39, 0.29) is 12.0 Å². The molecule has 0 radical (unpaired) electrons. The van der Waals surface area contributed by atoms with Crippen molar-refractivity contribution in [1.29, 1.82) is 0 Å². The van der Waals surface area contributed by atoms with Crippen molar-refractivity contribution < 1.29 is 14.3 Å². The third-order valence-corrected chi connectivity index (χ3v) is 8.39. The first-order chi connectivity index (χ1) is 19.9. The maximum Gasteiger partial charge on any atom is 0.338 e. The molecule has 0 saturated carbocycles. The number of anilines is 1. The summed E-state index contributed by atoms with van der Waals surface area (Å²) in [5, 5.41) is 5.82. The van der Waals surface area contributed by atoms with E-state index in [1.807, 2.05) is 34.7 Å². The van der Waals surface area contributed by atoms with Gasteiger partial charge in [0.15, 0.2) is 5.17 Å². The molecule has 2 aliphatic heterocycles. The fourth-order valence-electron chi connectivity index (χ4n) is 5.50. The van der Waals surface area contributed by atoms with Crippen molar-refractivity contribution in [3.05, 3.63) is 106 Å². The largest absolute Gasteiger partial charge is 0.463 e. The average molecular weight is 564 g/mol. The molecule has 0 spiro atoms. The number of rotatable bonds is 5. The van der Waals surface area contributed by atoms with Crippen molar-refractivity contribution >= 4 is 63.0 Å². The Morgan fingerprint density at radius 3 is 2.22 bits per heavy atom. The van der Waals surface area contributed by atoms with Gasteiger partial charge in [0.25, 0.3) is 0 Å². The second kappa shape index (κ2) is 12.0. The maximum atomic E-state index is 13.2. The summed E-state index contributed by atoms with van der Waals surface area (Å²) in [7, 11) is 4.05. The van der Waals surface area contributed by atoms with Crippen LogP contribution < -0.4 is 4.90 Å². The van der Waals surface area contributed by atoms with Gasteiger partial charge in [0.1, 0.15) is 6.79 Å². The van der Waals surface area contributed by atoms with Gasteiger partial charge < -0.3 is 19.3 Å². The summed E-state index contributed by atoms with van der Waals surface area (Å²) in [6.45, 7) is 6.75. The standard InChI is InChI=1S/C33H31N3O2S.CH2O/c1-5-38-32(37)30-21(2)34-33-36(31(30)22-14-16-25(17-15-22)35(3)4)20-26(39-33)19-29-27-12-8-6-10-23(27)18-24-11-7-9-13-28(24)29;1-2/h6-19,31H,5,20H2,1-4H3;1H2/b26-19-;. The van der Waals surface area contributed by atoms with E-state index in [2.05, 4.69) is 94.7 Å². The number of benzene rings is 4. The monoisotopic (exact) mass is 563 g/mol. The molecule has 0 N–H and O–H groups in total.